The Hall–Kier alpha value is -2.38. The summed E-state index contributed by atoms with van der Waals surface area (Å²) in [5.41, 5.74) is -2.85. The molecule has 0 saturated carbocycles. The fourth-order valence-corrected chi connectivity index (χ4v) is 2.00. The summed E-state index contributed by atoms with van der Waals surface area (Å²) in [6.45, 7) is 1.28. The molecule has 2 aromatic rings. The Balaban J connectivity index is 2.50. The molecule has 0 bridgehead atoms. The zero-order valence-corrected chi connectivity index (χ0v) is 12.1. The number of alkyl halides is 6. The van der Waals surface area contributed by atoms with Gasteiger partial charge in [-0.05, 0) is 42.8 Å². The van der Waals surface area contributed by atoms with E-state index in [9.17, 15) is 30.7 Å². The molecule has 2 aromatic carbocycles. The summed E-state index contributed by atoms with van der Waals surface area (Å²) in [4.78, 5) is 3.72. The van der Waals surface area contributed by atoms with Gasteiger partial charge in [0.05, 0.1) is 16.8 Å². The first-order valence-electron chi connectivity index (χ1n) is 6.58. The molecule has 0 aromatic heterocycles. The van der Waals surface area contributed by atoms with E-state index < -0.39 is 35.0 Å². The van der Waals surface area contributed by atoms with Crippen molar-refractivity contribution in [2.75, 3.05) is 0 Å². The highest BCUT2D eigenvalue weighted by Gasteiger charge is 2.34. The molecule has 24 heavy (non-hydrogen) atoms. The number of hydrogen-bond donors (Lipinski definition) is 0. The minimum Gasteiger partial charge on any atom is -0.253 e. The summed E-state index contributed by atoms with van der Waals surface area (Å²) < 4.78 is 89.9. The Labute approximate surface area is 132 Å². The molecule has 0 atom stereocenters. The molecule has 0 amide bonds. The van der Waals surface area contributed by atoms with Crippen LogP contribution in [0.15, 0.2) is 47.5 Å². The highest BCUT2D eigenvalue weighted by atomic mass is 19.4. The molecule has 0 unspecified atom stereocenters. The van der Waals surface area contributed by atoms with Gasteiger partial charge in [-0.2, -0.15) is 26.3 Å². The van der Waals surface area contributed by atoms with Crippen LogP contribution in [0, 0.1) is 5.82 Å². The smallest absolute Gasteiger partial charge is 0.253 e. The van der Waals surface area contributed by atoms with Crippen LogP contribution in [0.3, 0.4) is 0 Å². The van der Waals surface area contributed by atoms with Gasteiger partial charge < -0.3 is 0 Å². The Bertz CT molecular complexity index is 773. The average molecular weight is 349 g/mol. The lowest BCUT2D eigenvalue weighted by molar-refractivity contribution is -0.138. The first kappa shape index (κ1) is 18.0. The number of rotatable bonds is 2. The van der Waals surface area contributed by atoms with Crippen LogP contribution >= 0.6 is 0 Å². The standard InChI is InChI=1S/C16H10F7N/c1-9(10-3-2-4-11(7-10)15(18,19)20)24-14-6-5-12(17)8-13(14)16(21,22)23/h2-8H,1H3. The topological polar surface area (TPSA) is 12.4 Å². The van der Waals surface area contributed by atoms with Gasteiger partial charge in [0.2, 0.25) is 0 Å². The van der Waals surface area contributed by atoms with E-state index in [-0.39, 0.29) is 17.3 Å². The van der Waals surface area contributed by atoms with Gasteiger partial charge in [-0.3, -0.25) is 4.99 Å². The van der Waals surface area contributed by atoms with E-state index in [1.54, 1.807) is 0 Å². The van der Waals surface area contributed by atoms with Crippen molar-refractivity contribution in [2.45, 2.75) is 19.3 Å². The lowest BCUT2D eigenvalue weighted by Crippen LogP contribution is -2.08. The van der Waals surface area contributed by atoms with E-state index in [0.717, 1.165) is 30.3 Å². The molecule has 0 aliphatic rings. The van der Waals surface area contributed by atoms with Gasteiger partial charge in [0.25, 0.3) is 0 Å². The van der Waals surface area contributed by atoms with Crippen LogP contribution < -0.4 is 0 Å². The minimum atomic E-state index is -4.84. The molecule has 2 rings (SSSR count). The molecule has 1 nitrogen and oxygen atoms in total. The number of benzene rings is 2. The van der Waals surface area contributed by atoms with Crippen LogP contribution in [0.1, 0.15) is 23.6 Å². The van der Waals surface area contributed by atoms with Crippen LogP contribution in [0.25, 0.3) is 0 Å². The second kappa shape index (κ2) is 6.26. The van der Waals surface area contributed by atoms with Crippen LogP contribution in [-0.4, -0.2) is 5.71 Å². The fourth-order valence-electron chi connectivity index (χ4n) is 2.00. The van der Waals surface area contributed by atoms with Crippen molar-refractivity contribution < 1.29 is 30.7 Å². The molecule has 0 radical (unpaired) electrons. The lowest BCUT2D eigenvalue weighted by atomic mass is 10.1. The third-order valence-electron chi connectivity index (χ3n) is 3.16. The summed E-state index contributed by atoms with van der Waals surface area (Å²) in [5.74, 6) is -1.09. The minimum absolute atomic E-state index is 0.0160. The second-order valence-corrected chi connectivity index (χ2v) is 4.94. The monoisotopic (exact) mass is 349 g/mol. The molecule has 128 valence electrons. The number of aliphatic imine (C=N–C) groups is 1. The zero-order valence-electron chi connectivity index (χ0n) is 12.1. The Kier molecular flexibility index (Phi) is 4.68. The summed E-state index contributed by atoms with van der Waals surface area (Å²) in [6.07, 6.45) is -9.42. The van der Waals surface area contributed by atoms with Gasteiger partial charge in [-0.15, -0.1) is 0 Å². The summed E-state index contributed by atoms with van der Waals surface area (Å²) in [7, 11) is 0. The molecule has 8 heteroatoms. The number of halogens is 7. The maximum Gasteiger partial charge on any atom is 0.418 e. The van der Waals surface area contributed by atoms with Crippen LogP contribution in [0.4, 0.5) is 36.4 Å². The van der Waals surface area contributed by atoms with Crippen LogP contribution in [-0.2, 0) is 12.4 Å². The molecular weight excluding hydrogens is 339 g/mol. The van der Waals surface area contributed by atoms with Gasteiger partial charge in [0, 0.05) is 5.71 Å². The molecule has 0 heterocycles. The lowest BCUT2D eigenvalue weighted by Gasteiger charge is -2.12. The van der Waals surface area contributed by atoms with Gasteiger partial charge in [-0.1, -0.05) is 12.1 Å². The number of hydrogen-bond acceptors (Lipinski definition) is 1. The molecule has 0 aliphatic carbocycles. The van der Waals surface area contributed by atoms with Crippen molar-refractivity contribution in [1.82, 2.24) is 0 Å². The first-order valence-corrected chi connectivity index (χ1v) is 6.58. The average Bonchev–Trinajstić information content (AvgIpc) is 2.47. The normalized spacial score (nSPS) is 13.2. The molecule has 0 spiro atoms. The summed E-state index contributed by atoms with van der Waals surface area (Å²) >= 11 is 0. The van der Waals surface area contributed by atoms with E-state index in [0.29, 0.717) is 0 Å². The Morgan fingerprint density at radius 3 is 2.12 bits per heavy atom. The molecular formula is C16H10F7N. The maximum absolute atomic E-state index is 13.0. The van der Waals surface area contributed by atoms with Gasteiger partial charge in [-0.25, -0.2) is 4.39 Å². The third-order valence-corrected chi connectivity index (χ3v) is 3.16. The molecule has 0 fully saturated rings. The largest absolute Gasteiger partial charge is 0.418 e. The Morgan fingerprint density at radius 1 is 0.875 bits per heavy atom. The predicted molar refractivity (Wildman–Crippen MR) is 74.7 cm³/mol. The van der Waals surface area contributed by atoms with E-state index in [1.165, 1.54) is 13.0 Å². The van der Waals surface area contributed by atoms with Gasteiger partial charge in [0.15, 0.2) is 0 Å². The summed E-state index contributed by atoms with van der Waals surface area (Å²) in [5, 5.41) is 0. The van der Waals surface area contributed by atoms with Gasteiger partial charge >= 0.3 is 12.4 Å². The van der Waals surface area contributed by atoms with E-state index in [4.69, 9.17) is 0 Å². The highest BCUT2D eigenvalue weighted by Crippen LogP contribution is 2.37. The predicted octanol–water partition coefficient (Wildman–Crippen LogP) is 6.00. The van der Waals surface area contributed by atoms with Crippen molar-refractivity contribution in [2.24, 2.45) is 4.99 Å². The van der Waals surface area contributed by atoms with Crippen molar-refractivity contribution in [3.8, 4) is 0 Å². The Morgan fingerprint density at radius 2 is 1.54 bits per heavy atom. The van der Waals surface area contributed by atoms with Crippen molar-refractivity contribution in [3.63, 3.8) is 0 Å². The van der Waals surface area contributed by atoms with Crippen molar-refractivity contribution in [3.05, 3.63) is 65.0 Å². The first-order chi connectivity index (χ1) is 11.0. The third kappa shape index (κ3) is 4.12. The maximum atomic E-state index is 13.0. The quantitative estimate of drug-likeness (QED) is 0.465. The highest BCUT2D eigenvalue weighted by molar-refractivity contribution is 6.00. The number of nitrogens with zero attached hydrogens (tertiary/aromatic N) is 1. The van der Waals surface area contributed by atoms with Gasteiger partial charge in [0.1, 0.15) is 5.82 Å². The van der Waals surface area contributed by atoms with Crippen molar-refractivity contribution >= 4 is 11.4 Å². The second-order valence-electron chi connectivity index (χ2n) is 4.94. The van der Waals surface area contributed by atoms with E-state index in [2.05, 4.69) is 4.99 Å². The summed E-state index contributed by atoms with van der Waals surface area (Å²) in [6, 6.07) is 5.98. The van der Waals surface area contributed by atoms with Crippen LogP contribution in [0.5, 0.6) is 0 Å². The zero-order chi connectivity index (χ0) is 18.1. The molecule has 0 saturated heterocycles. The van der Waals surface area contributed by atoms with Crippen molar-refractivity contribution in [1.29, 1.82) is 0 Å². The van der Waals surface area contributed by atoms with E-state index >= 15 is 0 Å². The van der Waals surface area contributed by atoms with Crippen LogP contribution in [0.2, 0.25) is 0 Å². The fraction of sp³-hybridized carbons (Fsp3) is 0.188. The van der Waals surface area contributed by atoms with E-state index in [1.807, 2.05) is 0 Å². The molecule has 0 N–H and O–H groups in total. The SMILES string of the molecule is CC(=Nc1ccc(F)cc1C(F)(F)F)c1cccc(C(F)(F)F)c1. The molecule has 0 aliphatic heterocycles.